The Kier molecular flexibility index (Phi) is 5.52. The van der Waals surface area contributed by atoms with Gasteiger partial charge in [0.2, 0.25) is 0 Å². The molecule has 1 aromatic carbocycles. The van der Waals surface area contributed by atoms with Gasteiger partial charge in [0.25, 0.3) is 0 Å². The van der Waals surface area contributed by atoms with Crippen LogP contribution >= 0.6 is 22.6 Å². The maximum absolute atomic E-state index is 13.3. The van der Waals surface area contributed by atoms with Gasteiger partial charge in [0.15, 0.2) is 0 Å². The SMILES string of the molecule is CCC(=O)C1C(c2ccc(F)cc2)CC2CCC1N2CC=CI. The Labute approximate surface area is 151 Å². The predicted octanol–water partition coefficient (Wildman–Crippen LogP) is 4.69. The van der Waals surface area contributed by atoms with Crippen molar-refractivity contribution in [3.05, 3.63) is 45.8 Å². The van der Waals surface area contributed by atoms with Gasteiger partial charge in [-0.3, -0.25) is 9.69 Å². The molecule has 4 atom stereocenters. The summed E-state index contributed by atoms with van der Waals surface area (Å²) in [5.74, 6) is 0.431. The maximum atomic E-state index is 13.3. The average Bonchev–Trinajstić information content (AvgIpc) is 2.84. The Bertz CT molecular complexity index is 586. The van der Waals surface area contributed by atoms with Crippen LogP contribution in [0.4, 0.5) is 4.39 Å². The second-order valence-electron chi connectivity index (χ2n) is 6.60. The molecule has 2 saturated heterocycles. The second kappa shape index (κ2) is 7.43. The summed E-state index contributed by atoms with van der Waals surface area (Å²) in [5, 5.41) is 0. The van der Waals surface area contributed by atoms with Crippen molar-refractivity contribution in [1.29, 1.82) is 0 Å². The fraction of sp³-hybridized carbons (Fsp3) is 0.526. The molecule has 0 aromatic heterocycles. The topological polar surface area (TPSA) is 20.3 Å². The molecule has 4 unspecified atom stereocenters. The van der Waals surface area contributed by atoms with Crippen molar-refractivity contribution in [3.8, 4) is 0 Å². The largest absolute Gasteiger partial charge is 0.299 e. The van der Waals surface area contributed by atoms with Crippen LogP contribution in [0.2, 0.25) is 0 Å². The zero-order valence-corrected chi connectivity index (χ0v) is 15.6. The molecule has 2 aliphatic heterocycles. The minimum atomic E-state index is -0.209. The van der Waals surface area contributed by atoms with Crippen LogP contribution in [0.3, 0.4) is 0 Å². The Morgan fingerprint density at radius 3 is 2.74 bits per heavy atom. The van der Waals surface area contributed by atoms with Crippen LogP contribution in [0, 0.1) is 11.7 Å². The maximum Gasteiger partial charge on any atom is 0.137 e. The van der Waals surface area contributed by atoms with E-state index in [0.29, 0.717) is 24.3 Å². The van der Waals surface area contributed by atoms with Gasteiger partial charge in [-0.05, 0) is 47.0 Å². The van der Waals surface area contributed by atoms with E-state index in [1.54, 1.807) is 0 Å². The normalized spacial score (nSPS) is 30.9. The summed E-state index contributed by atoms with van der Waals surface area (Å²) in [4.78, 5) is 15.2. The standard InChI is InChI=1S/C19H23FINO/c1-2-18(23)19-16(13-4-6-14(20)7-5-13)12-15-8-9-17(19)22(15)11-3-10-21/h3-7,10,15-17,19H,2,8-9,11-12H2,1H3. The summed E-state index contributed by atoms with van der Waals surface area (Å²) >= 11 is 2.25. The first kappa shape index (κ1) is 17.1. The Hall–Kier alpha value is -0.750. The van der Waals surface area contributed by atoms with Crippen molar-refractivity contribution in [2.24, 2.45) is 5.92 Å². The molecule has 2 fully saturated rings. The first-order valence-electron chi connectivity index (χ1n) is 8.44. The lowest BCUT2D eigenvalue weighted by Crippen LogP contribution is -2.50. The molecule has 3 rings (SSSR count). The van der Waals surface area contributed by atoms with Crippen molar-refractivity contribution in [3.63, 3.8) is 0 Å². The van der Waals surface area contributed by atoms with Crippen molar-refractivity contribution >= 4 is 28.4 Å². The van der Waals surface area contributed by atoms with Crippen molar-refractivity contribution in [2.75, 3.05) is 6.54 Å². The number of fused-ring (bicyclic) bond motifs is 2. The summed E-state index contributed by atoms with van der Waals surface area (Å²) in [7, 11) is 0. The van der Waals surface area contributed by atoms with Gasteiger partial charge < -0.3 is 0 Å². The highest BCUT2D eigenvalue weighted by Crippen LogP contribution is 2.47. The van der Waals surface area contributed by atoms with Gasteiger partial charge in [-0.25, -0.2) is 4.39 Å². The van der Waals surface area contributed by atoms with Gasteiger partial charge in [0.05, 0.1) is 0 Å². The van der Waals surface area contributed by atoms with Gasteiger partial charge in [0, 0.05) is 31.0 Å². The first-order valence-corrected chi connectivity index (χ1v) is 9.69. The van der Waals surface area contributed by atoms with E-state index < -0.39 is 0 Å². The number of ketones is 1. The van der Waals surface area contributed by atoms with E-state index in [4.69, 9.17) is 0 Å². The van der Waals surface area contributed by atoms with E-state index >= 15 is 0 Å². The highest BCUT2D eigenvalue weighted by molar-refractivity contribution is 14.1. The number of carbonyl (C=O) groups is 1. The van der Waals surface area contributed by atoms with E-state index in [1.165, 1.54) is 18.6 Å². The molecule has 0 saturated carbocycles. The zero-order chi connectivity index (χ0) is 16.4. The third-order valence-corrected chi connectivity index (χ3v) is 6.00. The number of hydrogen-bond donors (Lipinski definition) is 0. The van der Waals surface area contributed by atoms with Gasteiger partial charge >= 0.3 is 0 Å². The highest BCUT2D eigenvalue weighted by atomic mass is 127. The summed E-state index contributed by atoms with van der Waals surface area (Å²) in [6.07, 6.45) is 6.05. The zero-order valence-electron chi connectivity index (χ0n) is 13.4. The van der Waals surface area contributed by atoms with Gasteiger partial charge in [0.1, 0.15) is 11.6 Å². The Morgan fingerprint density at radius 1 is 1.35 bits per heavy atom. The lowest BCUT2D eigenvalue weighted by atomic mass is 9.73. The van der Waals surface area contributed by atoms with Crippen LogP contribution in [0.15, 0.2) is 34.4 Å². The number of hydrogen-bond acceptors (Lipinski definition) is 2. The van der Waals surface area contributed by atoms with E-state index in [1.807, 2.05) is 19.1 Å². The van der Waals surface area contributed by atoms with E-state index in [9.17, 15) is 9.18 Å². The molecule has 2 bridgehead atoms. The predicted molar refractivity (Wildman–Crippen MR) is 99.2 cm³/mol. The number of carbonyl (C=O) groups excluding carboxylic acids is 1. The number of nitrogens with zero attached hydrogens (tertiary/aromatic N) is 1. The molecule has 0 spiro atoms. The van der Waals surface area contributed by atoms with Crippen molar-refractivity contribution < 1.29 is 9.18 Å². The smallest absolute Gasteiger partial charge is 0.137 e. The van der Waals surface area contributed by atoms with Gasteiger partial charge in [-0.15, -0.1) is 0 Å². The summed E-state index contributed by atoms with van der Waals surface area (Å²) in [6.45, 7) is 2.89. The van der Waals surface area contributed by atoms with E-state index in [-0.39, 0.29) is 17.7 Å². The molecule has 4 heteroatoms. The Balaban J connectivity index is 1.91. The minimum Gasteiger partial charge on any atom is -0.299 e. The quantitative estimate of drug-likeness (QED) is 0.636. The lowest BCUT2D eigenvalue weighted by molar-refractivity contribution is -0.127. The fourth-order valence-electron chi connectivity index (χ4n) is 4.49. The Morgan fingerprint density at radius 2 is 2.09 bits per heavy atom. The molecule has 23 heavy (non-hydrogen) atoms. The van der Waals surface area contributed by atoms with Crippen molar-refractivity contribution in [1.82, 2.24) is 4.90 Å². The van der Waals surface area contributed by atoms with Crippen LogP contribution in [0.1, 0.15) is 44.1 Å². The summed E-state index contributed by atoms with van der Waals surface area (Å²) in [5.41, 5.74) is 1.12. The summed E-state index contributed by atoms with van der Waals surface area (Å²) < 4.78 is 15.3. The molecule has 2 heterocycles. The molecule has 124 valence electrons. The number of rotatable bonds is 5. The molecular formula is C19H23FINO. The van der Waals surface area contributed by atoms with E-state index in [0.717, 1.165) is 24.9 Å². The molecule has 0 amide bonds. The number of piperidine rings is 1. The lowest BCUT2D eigenvalue weighted by Gasteiger charge is -2.44. The molecule has 2 aliphatic rings. The van der Waals surface area contributed by atoms with Crippen LogP contribution in [0.25, 0.3) is 0 Å². The minimum absolute atomic E-state index is 0.0480. The van der Waals surface area contributed by atoms with Crippen LogP contribution < -0.4 is 0 Å². The number of benzene rings is 1. The molecular weight excluding hydrogens is 404 g/mol. The van der Waals surface area contributed by atoms with E-state index in [2.05, 4.69) is 37.6 Å². The van der Waals surface area contributed by atoms with Crippen molar-refractivity contribution in [2.45, 2.75) is 50.6 Å². The first-order chi connectivity index (χ1) is 11.2. The van der Waals surface area contributed by atoms with Crippen LogP contribution in [-0.2, 0) is 4.79 Å². The van der Waals surface area contributed by atoms with Crippen LogP contribution in [0.5, 0.6) is 0 Å². The number of Topliss-reactive ketones (excluding diaryl/α,β-unsaturated/α-hetero) is 1. The molecule has 2 nitrogen and oxygen atoms in total. The van der Waals surface area contributed by atoms with Gasteiger partial charge in [-0.2, -0.15) is 0 Å². The van der Waals surface area contributed by atoms with Gasteiger partial charge in [-0.1, -0.05) is 47.7 Å². The second-order valence-corrected chi connectivity index (χ2v) is 7.32. The average molecular weight is 427 g/mol. The highest BCUT2D eigenvalue weighted by Gasteiger charge is 2.49. The monoisotopic (exact) mass is 427 g/mol. The molecule has 0 aliphatic carbocycles. The fourth-order valence-corrected chi connectivity index (χ4v) is 4.71. The third-order valence-electron chi connectivity index (χ3n) is 5.49. The molecule has 1 aromatic rings. The third kappa shape index (κ3) is 3.38. The summed E-state index contributed by atoms with van der Waals surface area (Å²) in [6, 6.07) is 7.67. The molecule has 0 radical (unpaired) electrons. The van der Waals surface area contributed by atoms with Crippen LogP contribution in [-0.4, -0.2) is 29.3 Å². The number of halogens is 2. The molecule has 0 N–H and O–H groups in total.